The average Bonchev–Trinajstić information content (AvgIpc) is 2.49. The van der Waals surface area contributed by atoms with E-state index in [2.05, 4.69) is 24.1 Å². The predicted molar refractivity (Wildman–Crippen MR) is 81.4 cm³/mol. The summed E-state index contributed by atoms with van der Waals surface area (Å²) in [5.41, 5.74) is 1.06. The van der Waals surface area contributed by atoms with E-state index in [1.165, 1.54) is 17.8 Å². The Labute approximate surface area is 128 Å². The summed E-state index contributed by atoms with van der Waals surface area (Å²) in [6.45, 7) is 5.10. The van der Waals surface area contributed by atoms with Gasteiger partial charge in [-0.3, -0.25) is 0 Å². The van der Waals surface area contributed by atoms with Crippen molar-refractivity contribution in [1.29, 1.82) is 0 Å². The lowest BCUT2D eigenvalue weighted by molar-refractivity contribution is 0.506. The quantitative estimate of drug-likeness (QED) is 0.846. The zero-order valence-corrected chi connectivity index (χ0v) is 12.9. The normalized spacial score (nSPS) is 12.4. The summed E-state index contributed by atoms with van der Waals surface area (Å²) in [4.78, 5) is 5.00. The van der Waals surface area contributed by atoms with Gasteiger partial charge in [-0.15, -0.1) is 0 Å². The standard InChI is InChI=1S/C16H18F2N2S/c1-3-8-19-11(2)13-5-4-9-20-16(13)21-12-6-7-14(17)15(18)10-12/h4-7,9-11,19H,3,8H2,1-2H3. The van der Waals surface area contributed by atoms with Crippen LogP contribution in [-0.4, -0.2) is 11.5 Å². The molecule has 1 aromatic heterocycles. The van der Waals surface area contributed by atoms with E-state index in [-0.39, 0.29) is 6.04 Å². The molecule has 5 heteroatoms. The molecular weight excluding hydrogens is 290 g/mol. The minimum Gasteiger partial charge on any atom is -0.310 e. The van der Waals surface area contributed by atoms with Crippen molar-refractivity contribution < 1.29 is 8.78 Å². The highest BCUT2D eigenvalue weighted by Crippen LogP contribution is 2.32. The molecule has 1 unspecified atom stereocenters. The number of aromatic nitrogens is 1. The molecule has 0 saturated heterocycles. The molecule has 0 saturated carbocycles. The van der Waals surface area contributed by atoms with E-state index in [9.17, 15) is 8.78 Å². The molecule has 0 aliphatic carbocycles. The molecule has 1 aromatic carbocycles. The van der Waals surface area contributed by atoms with Crippen molar-refractivity contribution in [3.8, 4) is 0 Å². The van der Waals surface area contributed by atoms with Crippen molar-refractivity contribution in [2.75, 3.05) is 6.54 Å². The van der Waals surface area contributed by atoms with Crippen LogP contribution in [0.4, 0.5) is 8.78 Å². The van der Waals surface area contributed by atoms with Gasteiger partial charge in [0, 0.05) is 22.7 Å². The lowest BCUT2D eigenvalue weighted by Gasteiger charge is -2.16. The van der Waals surface area contributed by atoms with E-state index in [1.807, 2.05) is 12.1 Å². The summed E-state index contributed by atoms with van der Waals surface area (Å²) >= 11 is 1.34. The first-order chi connectivity index (χ1) is 10.1. The Hall–Kier alpha value is -1.46. The molecule has 1 N–H and O–H groups in total. The minimum atomic E-state index is -0.838. The Morgan fingerprint density at radius 1 is 1.24 bits per heavy atom. The summed E-state index contributed by atoms with van der Waals surface area (Å²) in [6.07, 6.45) is 2.76. The molecule has 0 aliphatic rings. The molecule has 1 heterocycles. The summed E-state index contributed by atoms with van der Waals surface area (Å²) in [7, 11) is 0. The Morgan fingerprint density at radius 3 is 2.76 bits per heavy atom. The average molecular weight is 308 g/mol. The summed E-state index contributed by atoms with van der Waals surface area (Å²) in [5, 5.41) is 4.21. The third kappa shape index (κ3) is 4.25. The third-order valence-electron chi connectivity index (χ3n) is 3.07. The van der Waals surface area contributed by atoms with Crippen molar-refractivity contribution in [1.82, 2.24) is 10.3 Å². The maximum atomic E-state index is 13.3. The molecule has 2 nitrogen and oxygen atoms in total. The number of benzene rings is 1. The maximum absolute atomic E-state index is 13.3. The van der Waals surface area contributed by atoms with Crippen molar-refractivity contribution in [2.45, 2.75) is 36.2 Å². The molecule has 0 spiro atoms. The summed E-state index contributed by atoms with van der Waals surface area (Å²) in [5.74, 6) is -1.67. The Balaban J connectivity index is 2.21. The zero-order chi connectivity index (χ0) is 15.2. The lowest BCUT2D eigenvalue weighted by Crippen LogP contribution is -2.20. The van der Waals surface area contributed by atoms with E-state index in [0.717, 1.165) is 29.6 Å². The zero-order valence-electron chi connectivity index (χ0n) is 12.1. The van der Waals surface area contributed by atoms with Crippen LogP contribution in [0.2, 0.25) is 0 Å². The van der Waals surface area contributed by atoms with E-state index in [0.29, 0.717) is 4.90 Å². The molecule has 2 rings (SSSR count). The van der Waals surface area contributed by atoms with Gasteiger partial charge >= 0.3 is 0 Å². The van der Waals surface area contributed by atoms with Crippen LogP contribution in [0.15, 0.2) is 46.5 Å². The fourth-order valence-corrected chi connectivity index (χ4v) is 2.94. The molecule has 0 aliphatic heterocycles. The van der Waals surface area contributed by atoms with Crippen LogP contribution in [0.1, 0.15) is 31.9 Å². The molecule has 0 fully saturated rings. The van der Waals surface area contributed by atoms with Gasteiger partial charge in [0.15, 0.2) is 11.6 Å². The minimum absolute atomic E-state index is 0.159. The van der Waals surface area contributed by atoms with Crippen molar-refractivity contribution in [3.63, 3.8) is 0 Å². The highest BCUT2D eigenvalue weighted by Gasteiger charge is 2.13. The molecule has 1 atom stereocenters. The molecule has 0 amide bonds. The van der Waals surface area contributed by atoms with Crippen molar-refractivity contribution >= 4 is 11.8 Å². The second kappa shape index (κ2) is 7.52. The van der Waals surface area contributed by atoms with Gasteiger partial charge in [0.05, 0.1) is 0 Å². The Bertz CT molecular complexity index is 605. The van der Waals surface area contributed by atoms with Gasteiger partial charge in [0.1, 0.15) is 5.03 Å². The fourth-order valence-electron chi connectivity index (χ4n) is 1.94. The molecule has 0 radical (unpaired) electrons. The Morgan fingerprint density at radius 2 is 2.05 bits per heavy atom. The van der Waals surface area contributed by atoms with Crippen LogP contribution in [0.3, 0.4) is 0 Å². The van der Waals surface area contributed by atoms with Crippen LogP contribution in [-0.2, 0) is 0 Å². The van der Waals surface area contributed by atoms with Crippen LogP contribution in [0.25, 0.3) is 0 Å². The van der Waals surface area contributed by atoms with E-state index < -0.39 is 11.6 Å². The van der Waals surface area contributed by atoms with E-state index in [1.54, 1.807) is 12.3 Å². The smallest absolute Gasteiger partial charge is 0.159 e. The van der Waals surface area contributed by atoms with E-state index >= 15 is 0 Å². The largest absolute Gasteiger partial charge is 0.310 e. The van der Waals surface area contributed by atoms with Crippen molar-refractivity contribution in [3.05, 3.63) is 53.7 Å². The summed E-state index contributed by atoms with van der Waals surface area (Å²) < 4.78 is 26.3. The van der Waals surface area contributed by atoms with Crippen LogP contribution in [0, 0.1) is 11.6 Å². The highest BCUT2D eigenvalue weighted by molar-refractivity contribution is 7.99. The number of nitrogens with one attached hydrogen (secondary N) is 1. The monoisotopic (exact) mass is 308 g/mol. The first-order valence-corrected chi connectivity index (χ1v) is 7.74. The maximum Gasteiger partial charge on any atom is 0.159 e. The molecule has 112 valence electrons. The van der Waals surface area contributed by atoms with Crippen LogP contribution in [0.5, 0.6) is 0 Å². The molecular formula is C16H18F2N2S. The van der Waals surface area contributed by atoms with E-state index in [4.69, 9.17) is 0 Å². The first kappa shape index (κ1) is 15.9. The van der Waals surface area contributed by atoms with Gasteiger partial charge in [-0.2, -0.15) is 0 Å². The summed E-state index contributed by atoms with van der Waals surface area (Å²) in [6, 6.07) is 7.94. The fraction of sp³-hybridized carbons (Fsp3) is 0.312. The predicted octanol–water partition coefficient (Wildman–Crippen LogP) is 4.57. The third-order valence-corrected chi connectivity index (χ3v) is 4.10. The van der Waals surface area contributed by atoms with Gasteiger partial charge in [-0.05, 0) is 44.2 Å². The molecule has 0 bridgehead atoms. The lowest BCUT2D eigenvalue weighted by atomic mass is 10.1. The second-order valence-electron chi connectivity index (χ2n) is 4.75. The van der Waals surface area contributed by atoms with Gasteiger partial charge in [-0.1, -0.05) is 24.8 Å². The van der Waals surface area contributed by atoms with Gasteiger partial charge < -0.3 is 5.32 Å². The number of rotatable bonds is 6. The highest BCUT2D eigenvalue weighted by atomic mass is 32.2. The topological polar surface area (TPSA) is 24.9 Å². The Kier molecular flexibility index (Phi) is 5.70. The number of halogens is 2. The SMILES string of the molecule is CCCNC(C)c1cccnc1Sc1ccc(F)c(F)c1. The first-order valence-electron chi connectivity index (χ1n) is 6.93. The molecule has 21 heavy (non-hydrogen) atoms. The van der Waals surface area contributed by atoms with Gasteiger partial charge in [0.2, 0.25) is 0 Å². The number of nitrogens with zero attached hydrogens (tertiary/aromatic N) is 1. The van der Waals surface area contributed by atoms with Crippen molar-refractivity contribution in [2.24, 2.45) is 0 Å². The van der Waals surface area contributed by atoms with Gasteiger partial charge in [0.25, 0.3) is 0 Å². The molecule has 2 aromatic rings. The second-order valence-corrected chi connectivity index (χ2v) is 5.81. The van der Waals surface area contributed by atoms with Crippen LogP contribution < -0.4 is 5.32 Å². The van der Waals surface area contributed by atoms with Crippen LogP contribution >= 0.6 is 11.8 Å². The number of pyridine rings is 1. The number of hydrogen-bond donors (Lipinski definition) is 1. The van der Waals surface area contributed by atoms with Gasteiger partial charge in [-0.25, -0.2) is 13.8 Å². The number of hydrogen-bond acceptors (Lipinski definition) is 3.